The van der Waals surface area contributed by atoms with E-state index in [-0.39, 0.29) is 11.8 Å². The molecular formula is C14H26N2O2. The van der Waals surface area contributed by atoms with Gasteiger partial charge in [0, 0.05) is 26.4 Å². The molecule has 0 saturated heterocycles. The summed E-state index contributed by atoms with van der Waals surface area (Å²) in [5, 5.41) is 5.48. The fourth-order valence-corrected chi connectivity index (χ4v) is 2.56. The molecule has 0 radical (unpaired) electrons. The molecule has 0 unspecified atom stereocenters. The Bertz CT molecular complexity index is 261. The van der Waals surface area contributed by atoms with E-state index >= 15 is 0 Å². The predicted octanol–water partition coefficient (Wildman–Crippen LogP) is 1.99. The third kappa shape index (κ3) is 7.30. The number of hydrogen-bond donors (Lipinski definition) is 2. The van der Waals surface area contributed by atoms with E-state index in [9.17, 15) is 9.59 Å². The lowest BCUT2D eigenvalue weighted by molar-refractivity contribution is -0.122. The first-order chi connectivity index (χ1) is 8.68. The van der Waals surface area contributed by atoms with Crippen molar-refractivity contribution in [3.8, 4) is 0 Å². The van der Waals surface area contributed by atoms with Crippen molar-refractivity contribution in [2.45, 2.75) is 58.3 Å². The molecule has 4 heteroatoms. The van der Waals surface area contributed by atoms with Gasteiger partial charge in [-0.1, -0.05) is 32.1 Å². The van der Waals surface area contributed by atoms with Crippen molar-refractivity contribution in [3.05, 3.63) is 0 Å². The lowest BCUT2D eigenvalue weighted by Crippen LogP contribution is -2.33. The Morgan fingerprint density at radius 1 is 1.06 bits per heavy atom. The van der Waals surface area contributed by atoms with E-state index in [1.165, 1.54) is 45.4 Å². The number of rotatable bonds is 7. The maximum atomic E-state index is 11.5. The molecule has 1 aliphatic rings. The molecule has 104 valence electrons. The lowest BCUT2D eigenvalue weighted by atomic mass is 9.86. The fraction of sp³-hybridized carbons (Fsp3) is 0.857. The van der Waals surface area contributed by atoms with Crippen LogP contribution in [-0.2, 0) is 9.59 Å². The maximum Gasteiger partial charge on any atom is 0.220 e. The number of carbonyl (C=O) groups excluding carboxylic acids is 2. The zero-order chi connectivity index (χ0) is 13.2. The molecular weight excluding hydrogens is 228 g/mol. The van der Waals surface area contributed by atoms with Gasteiger partial charge in [-0.2, -0.15) is 0 Å². The molecule has 0 heterocycles. The summed E-state index contributed by atoms with van der Waals surface area (Å²) in [6.45, 7) is 2.53. The summed E-state index contributed by atoms with van der Waals surface area (Å²) in [5.74, 6) is 0.906. The molecule has 4 nitrogen and oxygen atoms in total. The summed E-state index contributed by atoms with van der Waals surface area (Å²) in [6.07, 6.45) is 9.64. The molecule has 0 aromatic carbocycles. The molecule has 0 atom stereocenters. The summed E-state index contributed by atoms with van der Waals surface area (Å²) in [5.41, 5.74) is 0. The quantitative estimate of drug-likeness (QED) is 0.683. The van der Waals surface area contributed by atoms with Crippen LogP contribution in [-0.4, -0.2) is 24.9 Å². The summed E-state index contributed by atoms with van der Waals surface area (Å²) in [6, 6.07) is 0. The van der Waals surface area contributed by atoms with Gasteiger partial charge >= 0.3 is 0 Å². The molecule has 0 aliphatic heterocycles. The van der Waals surface area contributed by atoms with Crippen LogP contribution < -0.4 is 10.6 Å². The highest BCUT2D eigenvalue weighted by Crippen LogP contribution is 2.27. The first-order valence-corrected chi connectivity index (χ1v) is 7.19. The number of carbonyl (C=O) groups is 2. The normalized spacial score (nSPS) is 16.3. The predicted molar refractivity (Wildman–Crippen MR) is 72.1 cm³/mol. The van der Waals surface area contributed by atoms with Crippen LogP contribution in [0.25, 0.3) is 0 Å². The van der Waals surface area contributed by atoms with E-state index in [2.05, 4.69) is 10.6 Å². The van der Waals surface area contributed by atoms with Crippen molar-refractivity contribution in [1.82, 2.24) is 10.6 Å². The van der Waals surface area contributed by atoms with Gasteiger partial charge in [0.25, 0.3) is 0 Å². The Morgan fingerprint density at radius 2 is 1.72 bits per heavy atom. The zero-order valence-corrected chi connectivity index (χ0v) is 11.5. The van der Waals surface area contributed by atoms with Gasteiger partial charge < -0.3 is 10.6 Å². The van der Waals surface area contributed by atoms with Crippen molar-refractivity contribution < 1.29 is 9.59 Å². The molecule has 1 rings (SSSR count). The zero-order valence-electron chi connectivity index (χ0n) is 11.5. The highest BCUT2D eigenvalue weighted by atomic mass is 16.2. The Kier molecular flexibility index (Phi) is 7.46. The Labute approximate surface area is 110 Å². The topological polar surface area (TPSA) is 58.2 Å². The second kappa shape index (κ2) is 8.95. The van der Waals surface area contributed by atoms with Gasteiger partial charge in [-0.25, -0.2) is 0 Å². The lowest BCUT2D eigenvalue weighted by Gasteiger charge is -2.21. The monoisotopic (exact) mass is 254 g/mol. The maximum absolute atomic E-state index is 11.5. The van der Waals surface area contributed by atoms with E-state index in [4.69, 9.17) is 0 Å². The van der Waals surface area contributed by atoms with Gasteiger partial charge in [0.15, 0.2) is 0 Å². The second-order valence-electron chi connectivity index (χ2n) is 5.23. The third-order valence-corrected chi connectivity index (χ3v) is 3.56. The van der Waals surface area contributed by atoms with Crippen LogP contribution in [0.5, 0.6) is 0 Å². The van der Waals surface area contributed by atoms with Crippen LogP contribution in [0.1, 0.15) is 58.3 Å². The van der Waals surface area contributed by atoms with Crippen LogP contribution in [0.4, 0.5) is 0 Å². The molecule has 0 bridgehead atoms. The van der Waals surface area contributed by atoms with Gasteiger partial charge in [-0.05, 0) is 18.8 Å². The molecule has 2 amide bonds. The van der Waals surface area contributed by atoms with Crippen molar-refractivity contribution >= 4 is 11.8 Å². The van der Waals surface area contributed by atoms with Crippen LogP contribution >= 0.6 is 0 Å². The molecule has 1 fully saturated rings. The minimum absolute atomic E-state index is 0.0541. The Hall–Kier alpha value is -1.06. The summed E-state index contributed by atoms with van der Waals surface area (Å²) >= 11 is 0. The molecule has 2 N–H and O–H groups in total. The first-order valence-electron chi connectivity index (χ1n) is 7.19. The van der Waals surface area contributed by atoms with E-state index in [1.54, 1.807) is 0 Å². The third-order valence-electron chi connectivity index (χ3n) is 3.56. The number of amides is 2. The average Bonchev–Trinajstić information content (AvgIpc) is 2.36. The van der Waals surface area contributed by atoms with Crippen LogP contribution in [0.15, 0.2) is 0 Å². The largest absolute Gasteiger partial charge is 0.355 e. The van der Waals surface area contributed by atoms with Gasteiger partial charge in [-0.3, -0.25) is 9.59 Å². The minimum atomic E-state index is -0.0541. The average molecular weight is 254 g/mol. The minimum Gasteiger partial charge on any atom is -0.355 e. The molecule has 0 aromatic heterocycles. The SMILES string of the molecule is CC(=O)NCCNC(=O)CCCC1CCCCC1. The first kappa shape index (κ1) is 15.0. The van der Waals surface area contributed by atoms with Crippen LogP contribution in [0.2, 0.25) is 0 Å². The molecule has 1 saturated carbocycles. The highest BCUT2D eigenvalue weighted by Gasteiger charge is 2.13. The van der Waals surface area contributed by atoms with Gasteiger partial charge in [0.05, 0.1) is 0 Å². The fourth-order valence-electron chi connectivity index (χ4n) is 2.56. The Balaban J connectivity index is 1.94. The van der Waals surface area contributed by atoms with Gasteiger partial charge in [0.1, 0.15) is 0 Å². The molecule has 18 heavy (non-hydrogen) atoms. The summed E-state index contributed by atoms with van der Waals surface area (Å²) in [7, 11) is 0. The number of hydrogen-bond acceptors (Lipinski definition) is 2. The van der Waals surface area contributed by atoms with Crippen LogP contribution in [0, 0.1) is 5.92 Å². The van der Waals surface area contributed by atoms with E-state index in [0.29, 0.717) is 19.5 Å². The van der Waals surface area contributed by atoms with Gasteiger partial charge in [0.2, 0.25) is 11.8 Å². The highest BCUT2D eigenvalue weighted by molar-refractivity contribution is 5.76. The van der Waals surface area contributed by atoms with E-state index < -0.39 is 0 Å². The second-order valence-corrected chi connectivity index (χ2v) is 5.23. The molecule has 1 aliphatic carbocycles. The summed E-state index contributed by atoms with van der Waals surface area (Å²) in [4.78, 5) is 22.1. The Morgan fingerprint density at radius 3 is 2.39 bits per heavy atom. The summed E-state index contributed by atoms with van der Waals surface area (Å²) < 4.78 is 0. The van der Waals surface area contributed by atoms with Gasteiger partial charge in [-0.15, -0.1) is 0 Å². The van der Waals surface area contributed by atoms with E-state index in [0.717, 1.165) is 12.3 Å². The van der Waals surface area contributed by atoms with E-state index in [1.807, 2.05) is 0 Å². The number of nitrogens with one attached hydrogen (secondary N) is 2. The van der Waals surface area contributed by atoms with Crippen molar-refractivity contribution in [2.75, 3.05) is 13.1 Å². The van der Waals surface area contributed by atoms with Crippen molar-refractivity contribution in [2.24, 2.45) is 5.92 Å². The van der Waals surface area contributed by atoms with Crippen molar-refractivity contribution in [3.63, 3.8) is 0 Å². The molecule has 0 aromatic rings. The molecule has 0 spiro atoms. The van der Waals surface area contributed by atoms with Crippen molar-refractivity contribution in [1.29, 1.82) is 0 Å². The standard InChI is InChI=1S/C14H26N2O2/c1-12(17)15-10-11-16-14(18)9-5-8-13-6-3-2-4-7-13/h13H,2-11H2,1H3,(H,15,17)(H,16,18). The van der Waals surface area contributed by atoms with Crippen LogP contribution in [0.3, 0.4) is 0 Å². The smallest absolute Gasteiger partial charge is 0.220 e.